The highest BCUT2D eigenvalue weighted by atomic mass is 16.5. The maximum Gasteiger partial charge on any atom is 0.328 e. The molecule has 0 aliphatic carbocycles. The van der Waals surface area contributed by atoms with Gasteiger partial charge < -0.3 is 45.3 Å². The van der Waals surface area contributed by atoms with Crippen molar-refractivity contribution in [1.82, 2.24) is 0 Å². The molecule has 0 heterocycles. The van der Waals surface area contributed by atoms with Crippen LogP contribution in [0.3, 0.4) is 0 Å². The lowest BCUT2D eigenvalue weighted by Gasteiger charge is -2.22. The number of carboxylic acids is 1. The number of rotatable bonds is 8. The molecule has 146 valence electrons. The monoisotopic (exact) mass is 374 g/mol. The van der Waals surface area contributed by atoms with Crippen LogP contribution in [0.4, 0.5) is 0 Å². The molecule has 0 saturated carbocycles. The van der Waals surface area contributed by atoms with E-state index in [-0.39, 0.29) is 12.0 Å². The van der Waals surface area contributed by atoms with Gasteiger partial charge in [-0.25, -0.2) is 4.79 Å². The molecule has 0 fully saturated rings. The van der Waals surface area contributed by atoms with E-state index in [1.165, 1.54) is 19.3 Å². The van der Waals surface area contributed by atoms with Gasteiger partial charge in [0.05, 0.1) is 13.7 Å². The van der Waals surface area contributed by atoms with E-state index in [0.29, 0.717) is 11.3 Å². The number of carboxylic acid groups (broad SMARTS) is 1. The van der Waals surface area contributed by atoms with Gasteiger partial charge in [-0.2, -0.15) is 0 Å². The molecule has 0 amide bonds. The number of benzene rings is 1. The Morgan fingerprint density at radius 3 is 2.27 bits per heavy atom. The second-order valence-electron chi connectivity index (χ2n) is 4.96. The van der Waals surface area contributed by atoms with Gasteiger partial charge in [-0.15, -0.1) is 0 Å². The summed E-state index contributed by atoms with van der Waals surface area (Å²) in [5.41, 5.74) is 0.655. The Morgan fingerprint density at radius 1 is 1.19 bits per heavy atom. The molecular weight excluding hydrogens is 352 g/mol. The van der Waals surface area contributed by atoms with Crippen LogP contribution in [0.1, 0.15) is 5.56 Å². The third kappa shape index (κ3) is 8.05. The molecule has 7 N–H and O–H groups in total. The third-order valence-corrected chi connectivity index (χ3v) is 3.04. The minimum absolute atomic E-state index is 0.0258. The molecule has 0 unspecified atom stereocenters. The van der Waals surface area contributed by atoms with Crippen LogP contribution in [0.15, 0.2) is 24.3 Å². The number of aliphatic carboxylic acids is 1. The van der Waals surface area contributed by atoms with Gasteiger partial charge in [-0.3, -0.25) is 0 Å². The lowest BCUT2D eigenvalue weighted by atomic mass is 10.0. The van der Waals surface area contributed by atoms with Crippen molar-refractivity contribution in [2.75, 3.05) is 13.7 Å². The van der Waals surface area contributed by atoms with E-state index in [1.54, 1.807) is 12.1 Å². The molecule has 1 aromatic rings. The Labute approximate surface area is 148 Å². The maximum atomic E-state index is 10.2. The van der Waals surface area contributed by atoms with Crippen molar-refractivity contribution in [3.8, 4) is 11.5 Å². The number of aldehydes is 1. The first-order chi connectivity index (χ1) is 12.2. The predicted molar refractivity (Wildman–Crippen MR) is 88.5 cm³/mol. The fourth-order valence-corrected chi connectivity index (χ4v) is 1.58. The van der Waals surface area contributed by atoms with E-state index < -0.39 is 37.0 Å². The molecular formula is C16H22O10. The molecule has 0 saturated heterocycles. The fourth-order valence-electron chi connectivity index (χ4n) is 1.58. The number of aliphatic hydroxyl groups is 5. The van der Waals surface area contributed by atoms with Gasteiger partial charge in [0.15, 0.2) is 17.8 Å². The van der Waals surface area contributed by atoms with Crippen molar-refractivity contribution < 1.29 is 50.1 Å². The highest BCUT2D eigenvalue weighted by Gasteiger charge is 2.29. The Kier molecular flexibility index (Phi) is 10.8. The summed E-state index contributed by atoms with van der Waals surface area (Å²) in [7, 11) is 1.43. The van der Waals surface area contributed by atoms with Gasteiger partial charge in [0.1, 0.15) is 24.4 Å². The van der Waals surface area contributed by atoms with Crippen LogP contribution in [0.25, 0.3) is 6.08 Å². The second kappa shape index (κ2) is 12.0. The number of aromatic hydroxyl groups is 1. The summed E-state index contributed by atoms with van der Waals surface area (Å²) in [4.78, 5) is 20.1. The molecule has 1 aromatic carbocycles. The number of aliphatic hydroxyl groups excluding tert-OH is 5. The van der Waals surface area contributed by atoms with Gasteiger partial charge in [-0.1, -0.05) is 6.07 Å². The topological polar surface area (TPSA) is 185 Å². The minimum Gasteiger partial charge on any atom is -0.504 e. The standard InChI is InChI=1S/C10H10O4.C6H12O6/c1-14-9-6-7(2-4-8(9)11)3-5-10(12)13;7-1-3(9)5(11)6(12)4(10)2-8/h2-6,11H,1H3,(H,12,13);1,3-6,8-12H,2H2/b5-3+;/t;3-,4+,5+,6+/m.0/s1. The summed E-state index contributed by atoms with van der Waals surface area (Å²) in [5.74, 6) is -0.672. The number of methoxy groups -OCH3 is 1. The van der Waals surface area contributed by atoms with E-state index in [1.807, 2.05) is 0 Å². The molecule has 0 aromatic heterocycles. The Bertz CT molecular complexity index is 601. The summed E-state index contributed by atoms with van der Waals surface area (Å²) in [5, 5.41) is 61.2. The Hall–Kier alpha value is -2.50. The van der Waals surface area contributed by atoms with Crippen LogP contribution in [0.5, 0.6) is 11.5 Å². The summed E-state index contributed by atoms with van der Waals surface area (Å²) >= 11 is 0. The Morgan fingerprint density at radius 2 is 1.81 bits per heavy atom. The lowest BCUT2D eigenvalue weighted by molar-refractivity contribution is -0.136. The summed E-state index contributed by atoms with van der Waals surface area (Å²) < 4.78 is 4.86. The maximum absolute atomic E-state index is 10.2. The van der Waals surface area contributed by atoms with Crippen molar-refractivity contribution in [2.24, 2.45) is 0 Å². The normalized spacial score (nSPS) is 15.3. The fraction of sp³-hybridized carbons (Fsp3) is 0.375. The number of carbonyl (C=O) groups is 2. The van der Waals surface area contributed by atoms with E-state index in [4.69, 9.17) is 35.4 Å². The second-order valence-corrected chi connectivity index (χ2v) is 4.96. The predicted octanol–water partition coefficient (Wildman–Crippen LogP) is -1.88. The van der Waals surface area contributed by atoms with Crippen LogP contribution in [0, 0.1) is 0 Å². The molecule has 0 bridgehead atoms. The molecule has 0 spiro atoms. The van der Waals surface area contributed by atoms with E-state index in [0.717, 1.165) is 6.08 Å². The average molecular weight is 374 g/mol. The van der Waals surface area contributed by atoms with Gasteiger partial charge >= 0.3 is 5.97 Å². The van der Waals surface area contributed by atoms with Crippen molar-refractivity contribution in [1.29, 1.82) is 0 Å². The summed E-state index contributed by atoms with van der Waals surface area (Å²) in [6.07, 6.45) is -4.40. The Balaban J connectivity index is 0.000000488. The van der Waals surface area contributed by atoms with Crippen LogP contribution in [-0.4, -0.2) is 86.1 Å². The summed E-state index contributed by atoms with van der Waals surface area (Å²) in [6, 6.07) is 4.59. The number of phenols is 1. The van der Waals surface area contributed by atoms with Crippen LogP contribution in [0.2, 0.25) is 0 Å². The summed E-state index contributed by atoms with van der Waals surface area (Å²) in [6.45, 7) is -0.760. The van der Waals surface area contributed by atoms with Crippen molar-refractivity contribution in [3.63, 3.8) is 0 Å². The van der Waals surface area contributed by atoms with Gasteiger partial charge in [-0.05, 0) is 23.8 Å². The van der Waals surface area contributed by atoms with E-state index in [2.05, 4.69) is 0 Å². The zero-order valence-corrected chi connectivity index (χ0v) is 13.8. The quantitative estimate of drug-likeness (QED) is 0.201. The molecule has 0 radical (unpaired) electrons. The molecule has 4 atom stereocenters. The molecule has 0 aliphatic heterocycles. The van der Waals surface area contributed by atoms with Crippen LogP contribution in [-0.2, 0) is 9.59 Å². The van der Waals surface area contributed by atoms with Crippen molar-refractivity contribution in [3.05, 3.63) is 29.8 Å². The van der Waals surface area contributed by atoms with Gasteiger partial charge in [0.2, 0.25) is 0 Å². The van der Waals surface area contributed by atoms with Crippen molar-refractivity contribution in [2.45, 2.75) is 24.4 Å². The minimum atomic E-state index is -1.79. The lowest BCUT2D eigenvalue weighted by Crippen LogP contribution is -2.46. The van der Waals surface area contributed by atoms with E-state index in [9.17, 15) is 14.7 Å². The smallest absolute Gasteiger partial charge is 0.328 e. The zero-order valence-electron chi connectivity index (χ0n) is 13.8. The van der Waals surface area contributed by atoms with Crippen LogP contribution >= 0.6 is 0 Å². The molecule has 10 nitrogen and oxygen atoms in total. The van der Waals surface area contributed by atoms with Crippen LogP contribution < -0.4 is 4.74 Å². The number of hydrogen-bond donors (Lipinski definition) is 7. The number of phenolic OH excluding ortho intramolecular Hbond substituents is 1. The largest absolute Gasteiger partial charge is 0.504 e. The number of ether oxygens (including phenoxy) is 1. The van der Waals surface area contributed by atoms with Gasteiger partial charge in [0.25, 0.3) is 0 Å². The first-order valence-corrected chi connectivity index (χ1v) is 7.24. The molecule has 1 rings (SSSR count). The first-order valence-electron chi connectivity index (χ1n) is 7.24. The van der Waals surface area contributed by atoms with Gasteiger partial charge in [0, 0.05) is 6.08 Å². The number of carbonyl (C=O) groups excluding carboxylic acids is 1. The van der Waals surface area contributed by atoms with Crippen molar-refractivity contribution >= 4 is 18.3 Å². The molecule has 0 aliphatic rings. The third-order valence-electron chi connectivity index (χ3n) is 3.04. The highest BCUT2D eigenvalue weighted by Crippen LogP contribution is 2.26. The SMILES string of the molecule is COc1cc(/C=C/C(=O)O)ccc1O.O=C[C@H](O)[C@@H](O)[C@H](O)[C@H](O)CO. The molecule has 26 heavy (non-hydrogen) atoms. The van der Waals surface area contributed by atoms with E-state index >= 15 is 0 Å². The highest BCUT2D eigenvalue weighted by molar-refractivity contribution is 5.85. The number of hydrogen-bond acceptors (Lipinski definition) is 9. The zero-order chi connectivity index (χ0) is 20.3. The molecule has 10 heteroatoms. The first kappa shape index (κ1) is 23.5. The average Bonchev–Trinajstić information content (AvgIpc) is 2.65.